The highest BCUT2D eigenvalue weighted by Crippen LogP contribution is 2.16. The topological polar surface area (TPSA) is 61.6 Å². The van der Waals surface area contributed by atoms with Gasteiger partial charge in [0.1, 0.15) is 5.52 Å². The zero-order valence-corrected chi connectivity index (χ0v) is 11.5. The number of piperazine rings is 1. The van der Waals surface area contributed by atoms with E-state index in [1.807, 2.05) is 29.2 Å². The second-order valence-corrected chi connectivity index (χ2v) is 4.89. The first kappa shape index (κ1) is 12.9. The fourth-order valence-corrected chi connectivity index (χ4v) is 2.45. The first-order chi connectivity index (χ1) is 9.76. The van der Waals surface area contributed by atoms with Gasteiger partial charge in [-0.2, -0.15) is 0 Å². The Kier molecular flexibility index (Phi) is 3.56. The van der Waals surface area contributed by atoms with Crippen molar-refractivity contribution in [1.82, 2.24) is 20.1 Å². The molecule has 0 radical (unpaired) electrons. The average molecular weight is 274 g/mol. The number of benzene rings is 1. The maximum absolute atomic E-state index is 11.5. The molecule has 2 aromatic rings. The van der Waals surface area contributed by atoms with E-state index in [2.05, 4.69) is 15.2 Å². The largest absolute Gasteiger partial charge is 0.439 e. The van der Waals surface area contributed by atoms with E-state index >= 15 is 0 Å². The van der Waals surface area contributed by atoms with Gasteiger partial charge in [0.2, 0.25) is 5.89 Å². The third-order valence-corrected chi connectivity index (χ3v) is 3.57. The molecule has 1 aromatic carbocycles. The molecule has 1 aromatic heterocycles. The number of oxazole rings is 1. The molecule has 6 heteroatoms. The number of carbonyl (C=O) groups is 1. The molecule has 1 N–H and O–H groups in total. The Morgan fingerprint density at radius 2 is 2.05 bits per heavy atom. The van der Waals surface area contributed by atoms with E-state index in [1.165, 1.54) is 0 Å². The van der Waals surface area contributed by atoms with Crippen molar-refractivity contribution in [3.63, 3.8) is 0 Å². The lowest BCUT2D eigenvalue weighted by Gasteiger charge is -2.33. The summed E-state index contributed by atoms with van der Waals surface area (Å²) >= 11 is 0. The average Bonchev–Trinajstić information content (AvgIpc) is 2.89. The normalized spacial score (nSPS) is 16.6. The van der Waals surface area contributed by atoms with Gasteiger partial charge in [-0.15, -0.1) is 0 Å². The molecule has 0 aliphatic carbocycles. The summed E-state index contributed by atoms with van der Waals surface area (Å²) < 4.78 is 5.72. The van der Waals surface area contributed by atoms with Crippen LogP contribution in [0.25, 0.3) is 11.1 Å². The summed E-state index contributed by atoms with van der Waals surface area (Å²) in [4.78, 5) is 20.1. The van der Waals surface area contributed by atoms with E-state index in [9.17, 15) is 4.79 Å². The van der Waals surface area contributed by atoms with Gasteiger partial charge >= 0.3 is 6.03 Å². The van der Waals surface area contributed by atoms with Crippen LogP contribution < -0.4 is 5.32 Å². The molecule has 0 unspecified atom stereocenters. The van der Waals surface area contributed by atoms with Crippen LogP contribution in [0.5, 0.6) is 0 Å². The van der Waals surface area contributed by atoms with Crippen LogP contribution in [0.15, 0.2) is 28.7 Å². The number of hydrogen-bond acceptors (Lipinski definition) is 4. The lowest BCUT2D eigenvalue weighted by Crippen LogP contribution is -2.50. The van der Waals surface area contributed by atoms with E-state index in [1.54, 1.807) is 7.05 Å². The van der Waals surface area contributed by atoms with Crippen molar-refractivity contribution in [2.75, 3.05) is 33.2 Å². The summed E-state index contributed by atoms with van der Waals surface area (Å²) in [6.45, 7) is 3.84. The van der Waals surface area contributed by atoms with Crippen LogP contribution in [0.3, 0.4) is 0 Å². The minimum atomic E-state index is -0.00786. The monoisotopic (exact) mass is 274 g/mol. The maximum atomic E-state index is 11.5. The number of rotatable bonds is 2. The minimum Gasteiger partial charge on any atom is -0.439 e. The number of amides is 2. The van der Waals surface area contributed by atoms with Crippen molar-refractivity contribution < 1.29 is 9.21 Å². The van der Waals surface area contributed by atoms with Crippen molar-refractivity contribution in [1.29, 1.82) is 0 Å². The number of nitrogens with zero attached hydrogens (tertiary/aromatic N) is 3. The van der Waals surface area contributed by atoms with Crippen LogP contribution in [-0.2, 0) is 6.54 Å². The van der Waals surface area contributed by atoms with Gasteiger partial charge in [0.15, 0.2) is 5.58 Å². The van der Waals surface area contributed by atoms with Crippen LogP contribution in [0, 0.1) is 0 Å². The third kappa shape index (κ3) is 2.60. The number of carbonyl (C=O) groups excluding carboxylic acids is 1. The number of fused-ring (bicyclic) bond motifs is 1. The molecular formula is C14H18N4O2. The van der Waals surface area contributed by atoms with Gasteiger partial charge in [-0.3, -0.25) is 4.90 Å². The summed E-state index contributed by atoms with van der Waals surface area (Å²) in [5.41, 5.74) is 1.72. The number of para-hydroxylation sites is 2. The Morgan fingerprint density at radius 1 is 1.30 bits per heavy atom. The van der Waals surface area contributed by atoms with Gasteiger partial charge < -0.3 is 14.6 Å². The van der Waals surface area contributed by atoms with Crippen LogP contribution in [-0.4, -0.2) is 54.0 Å². The van der Waals surface area contributed by atoms with Gasteiger partial charge in [0.25, 0.3) is 0 Å². The van der Waals surface area contributed by atoms with E-state index in [0.29, 0.717) is 6.54 Å². The van der Waals surface area contributed by atoms with Gasteiger partial charge in [-0.25, -0.2) is 9.78 Å². The van der Waals surface area contributed by atoms with Crippen LogP contribution >= 0.6 is 0 Å². The van der Waals surface area contributed by atoms with Crippen molar-refractivity contribution >= 4 is 17.1 Å². The van der Waals surface area contributed by atoms with Gasteiger partial charge in [-0.05, 0) is 12.1 Å². The molecule has 106 valence electrons. The van der Waals surface area contributed by atoms with E-state index in [-0.39, 0.29) is 6.03 Å². The molecule has 3 rings (SSSR count). The smallest absolute Gasteiger partial charge is 0.317 e. The summed E-state index contributed by atoms with van der Waals surface area (Å²) in [5, 5.41) is 2.65. The van der Waals surface area contributed by atoms with Crippen molar-refractivity contribution in [2.24, 2.45) is 0 Å². The summed E-state index contributed by atoms with van der Waals surface area (Å²) in [6, 6.07) is 7.77. The molecule has 1 saturated heterocycles. The molecule has 0 bridgehead atoms. The molecule has 0 atom stereocenters. The number of nitrogens with one attached hydrogen (secondary N) is 1. The van der Waals surface area contributed by atoms with Crippen molar-refractivity contribution in [2.45, 2.75) is 6.54 Å². The molecule has 20 heavy (non-hydrogen) atoms. The van der Waals surface area contributed by atoms with Crippen LogP contribution in [0.4, 0.5) is 4.79 Å². The van der Waals surface area contributed by atoms with Gasteiger partial charge in [0, 0.05) is 33.2 Å². The quantitative estimate of drug-likeness (QED) is 0.896. The summed E-state index contributed by atoms with van der Waals surface area (Å²) in [5.74, 6) is 0.736. The highest BCUT2D eigenvalue weighted by atomic mass is 16.3. The molecule has 0 spiro atoms. The Balaban J connectivity index is 1.60. The van der Waals surface area contributed by atoms with Crippen molar-refractivity contribution in [3.8, 4) is 0 Å². The minimum absolute atomic E-state index is 0.00786. The van der Waals surface area contributed by atoms with E-state index in [4.69, 9.17) is 4.42 Å². The molecule has 2 amide bonds. The van der Waals surface area contributed by atoms with Gasteiger partial charge in [-0.1, -0.05) is 12.1 Å². The Hall–Kier alpha value is -2.08. The second kappa shape index (κ2) is 5.50. The predicted octanol–water partition coefficient (Wildman–Crippen LogP) is 1.28. The highest BCUT2D eigenvalue weighted by Gasteiger charge is 2.21. The SMILES string of the molecule is CNC(=O)N1CCN(Cc2nc3ccccc3o2)CC1. The van der Waals surface area contributed by atoms with E-state index < -0.39 is 0 Å². The molecular weight excluding hydrogens is 256 g/mol. The molecule has 1 fully saturated rings. The zero-order valence-electron chi connectivity index (χ0n) is 11.5. The number of aromatic nitrogens is 1. The van der Waals surface area contributed by atoms with Gasteiger partial charge in [0.05, 0.1) is 6.54 Å². The summed E-state index contributed by atoms with van der Waals surface area (Å²) in [7, 11) is 1.66. The number of hydrogen-bond donors (Lipinski definition) is 1. The molecule has 1 aliphatic rings. The fourth-order valence-electron chi connectivity index (χ4n) is 2.45. The lowest BCUT2D eigenvalue weighted by molar-refractivity contribution is 0.130. The fraction of sp³-hybridized carbons (Fsp3) is 0.429. The molecule has 1 aliphatic heterocycles. The first-order valence-corrected chi connectivity index (χ1v) is 6.80. The summed E-state index contributed by atoms with van der Waals surface area (Å²) in [6.07, 6.45) is 0. The van der Waals surface area contributed by atoms with E-state index in [0.717, 1.165) is 43.2 Å². The van der Waals surface area contributed by atoms with Crippen molar-refractivity contribution in [3.05, 3.63) is 30.2 Å². The Bertz CT molecular complexity index is 569. The number of urea groups is 1. The molecule has 6 nitrogen and oxygen atoms in total. The molecule has 0 saturated carbocycles. The van der Waals surface area contributed by atoms with Crippen LogP contribution in [0.1, 0.15) is 5.89 Å². The Labute approximate surface area is 117 Å². The lowest BCUT2D eigenvalue weighted by atomic mass is 10.3. The van der Waals surface area contributed by atoms with Crippen LogP contribution in [0.2, 0.25) is 0 Å². The first-order valence-electron chi connectivity index (χ1n) is 6.80. The highest BCUT2D eigenvalue weighted by molar-refractivity contribution is 5.74. The predicted molar refractivity (Wildman–Crippen MR) is 75.3 cm³/mol. The zero-order chi connectivity index (χ0) is 13.9. The second-order valence-electron chi connectivity index (χ2n) is 4.89. The maximum Gasteiger partial charge on any atom is 0.317 e. The third-order valence-electron chi connectivity index (χ3n) is 3.57. The standard InChI is InChI=1S/C14H18N4O2/c1-15-14(19)18-8-6-17(7-9-18)10-13-16-11-4-2-3-5-12(11)20-13/h2-5H,6-10H2,1H3,(H,15,19). The Morgan fingerprint density at radius 3 is 2.75 bits per heavy atom. The molecule has 2 heterocycles.